The van der Waals surface area contributed by atoms with Crippen LogP contribution >= 0.6 is 0 Å². The van der Waals surface area contributed by atoms with Gasteiger partial charge in [0.2, 0.25) is 5.78 Å². The second kappa shape index (κ2) is 9.40. The molecule has 7 heteroatoms. The highest BCUT2D eigenvalue weighted by Crippen LogP contribution is 2.41. The van der Waals surface area contributed by atoms with E-state index >= 15 is 0 Å². The summed E-state index contributed by atoms with van der Waals surface area (Å²) in [4.78, 5) is 27.8. The molecule has 2 aromatic heterocycles. The summed E-state index contributed by atoms with van der Waals surface area (Å²) < 4.78 is 16.8. The molecule has 1 atom stereocenters. The van der Waals surface area contributed by atoms with Crippen LogP contribution in [0.4, 0.5) is 0 Å². The molecule has 7 nitrogen and oxygen atoms in total. The van der Waals surface area contributed by atoms with Gasteiger partial charge >= 0.3 is 0 Å². The van der Waals surface area contributed by atoms with Crippen LogP contribution in [0.3, 0.4) is 0 Å². The average molecular weight is 450 g/mol. The lowest BCUT2D eigenvalue weighted by Gasteiger charge is -2.26. The molecular weight excluding hydrogens is 422 g/mol. The molecule has 1 aliphatic heterocycles. The summed E-state index contributed by atoms with van der Waals surface area (Å²) in [6, 6.07) is 13.1. The van der Waals surface area contributed by atoms with E-state index in [1.807, 2.05) is 18.2 Å². The monoisotopic (exact) mass is 449 g/mol. The number of ketones is 1. The van der Waals surface area contributed by atoms with Crippen LogP contribution in [0.1, 0.15) is 53.9 Å². The van der Waals surface area contributed by atoms with E-state index in [9.17, 15) is 14.7 Å². The highest BCUT2D eigenvalue weighted by molar-refractivity contribution is 6.15. The fraction of sp³-hybridized carbons (Fsp3) is 0.308. The topological polar surface area (TPSA) is 93.1 Å². The molecule has 1 aliphatic rings. The summed E-state index contributed by atoms with van der Waals surface area (Å²) in [6.07, 6.45) is 2.41. The van der Waals surface area contributed by atoms with E-state index in [0.717, 1.165) is 6.42 Å². The first kappa shape index (κ1) is 22.5. The minimum absolute atomic E-state index is 0.0276. The number of carbonyl (C=O) groups excluding carboxylic acids is 2. The van der Waals surface area contributed by atoms with E-state index in [1.54, 1.807) is 37.3 Å². The highest BCUT2D eigenvalue weighted by atomic mass is 16.5. The van der Waals surface area contributed by atoms with Gasteiger partial charge in [-0.1, -0.05) is 26.0 Å². The molecule has 172 valence electrons. The molecule has 0 spiro atoms. The normalized spacial score (nSPS) is 16.2. The summed E-state index contributed by atoms with van der Waals surface area (Å²) in [5, 5.41) is 10.8. The zero-order valence-corrected chi connectivity index (χ0v) is 18.9. The van der Waals surface area contributed by atoms with Crippen LogP contribution in [0.5, 0.6) is 5.75 Å². The zero-order valence-electron chi connectivity index (χ0n) is 18.9. The second-order valence-corrected chi connectivity index (χ2v) is 8.52. The molecule has 0 radical (unpaired) electrons. The van der Waals surface area contributed by atoms with Crippen LogP contribution < -0.4 is 4.74 Å². The Hall–Kier alpha value is -3.74. The van der Waals surface area contributed by atoms with Crippen molar-refractivity contribution in [1.82, 2.24) is 4.90 Å². The van der Waals surface area contributed by atoms with Crippen molar-refractivity contribution in [2.45, 2.75) is 39.8 Å². The van der Waals surface area contributed by atoms with Crippen molar-refractivity contribution >= 4 is 11.7 Å². The van der Waals surface area contributed by atoms with Crippen LogP contribution in [0.25, 0.3) is 0 Å². The number of aliphatic hydroxyl groups excluding tert-OH is 1. The van der Waals surface area contributed by atoms with Gasteiger partial charge in [0.15, 0.2) is 11.5 Å². The predicted octanol–water partition coefficient (Wildman–Crippen LogP) is 5.38. The third-order valence-electron chi connectivity index (χ3n) is 5.56. The van der Waals surface area contributed by atoms with Crippen molar-refractivity contribution in [3.63, 3.8) is 0 Å². The number of amides is 1. The van der Waals surface area contributed by atoms with E-state index in [-0.39, 0.29) is 17.9 Å². The Morgan fingerprint density at radius 1 is 1.18 bits per heavy atom. The fourth-order valence-corrected chi connectivity index (χ4v) is 3.84. The van der Waals surface area contributed by atoms with Gasteiger partial charge in [0, 0.05) is 0 Å². The van der Waals surface area contributed by atoms with E-state index in [1.165, 1.54) is 11.2 Å². The smallest absolute Gasteiger partial charge is 0.290 e. The Morgan fingerprint density at radius 3 is 2.67 bits per heavy atom. The Bertz CT molecular complexity index is 1170. The fourth-order valence-electron chi connectivity index (χ4n) is 3.84. The van der Waals surface area contributed by atoms with Gasteiger partial charge in [0.05, 0.1) is 31.0 Å². The van der Waals surface area contributed by atoms with Crippen molar-refractivity contribution in [3.05, 3.63) is 89.0 Å². The van der Waals surface area contributed by atoms with Crippen LogP contribution in [-0.4, -0.2) is 28.3 Å². The number of benzene rings is 1. The molecule has 0 bridgehead atoms. The Labute approximate surface area is 192 Å². The lowest BCUT2D eigenvalue weighted by Crippen LogP contribution is -2.30. The number of rotatable bonds is 9. The standard InChI is InChI=1S/C26H27NO6/c1-16(2)11-13-32-19-7-4-6-18(14-19)23-22(24(28)21-10-9-17(3)33-21)25(29)26(30)27(23)15-20-8-5-12-31-20/h4-10,12,14,16,23,29H,11,13,15H2,1-3H3. The minimum atomic E-state index is -0.825. The van der Waals surface area contributed by atoms with Crippen molar-refractivity contribution < 1.29 is 28.3 Å². The molecule has 3 heterocycles. The SMILES string of the molecule is Cc1ccc(C(=O)C2=C(O)C(=O)N(Cc3ccco3)C2c2cccc(OCCC(C)C)c2)o1. The summed E-state index contributed by atoms with van der Waals surface area (Å²) in [6.45, 7) is 6.62. The molecule has 1 aromatic carbocycles. The number of Topliss-reactive ketones (excluding diaryl/α,β-unsaturated/α-hetero) is 1. The number of aliphatic hydroxyl groups is 1. The number of carbonyl (C=O) groups is 2. The van der Waals surface area contributed by atoms with E-state index in [0.29, 0.717) is 35.4 Å². The Balaban J connectivity index is 1.72. The van der Waals surface area contributed by atoms with Crippen molar-refractivity contribution in [2.75, 3.05) is 6.61 Å². The number of furan rings is 2. The summed E-state index contributed by atoms with van der Waals surface area (Å²) in [5.41, 5.74) is 0.618. The molecule has 4 rings (SSSR count). The second-order valence-electron chi connectivity index (χ2n) is 8.52. The summed E-state index contributed by atoms with van der Waals surface area (Å²) in [7, 11) is 0. The molecule has 0 saturated carbocycles. The van der Waals surface area contributed by atoms with Crippen molar-refractivity contribution in [2.24, 2.45) is 5.92 Å². The van der Waals surface area contributed by atoms with E-state index in [2.05, 4.69) is 13.8 Å². The first-order valence-electron chi connectivity index (χ1n) is 11.0. The Morgan fingerprint density at radius 2 is 2.00 bits per heavy atom. The molecule has 0 fully saturated rings. The third-order valence-corrected chi connectivity index (χ3v) is 5.56. The molecular formula is C26H27NO6. The van der Waals surface area contributed by atoms with Crippen molar-refractivity contribution in [1.29, 1.82) is 0 Å². The van der Waals surface area contributed by atoms with Crippen LogP contribution in [0.15, 0.2) is 75.0 Å². The number of hydrogen-bond donors (Lipinski definition) is 1. The van der Waals surface area contributed by atoms with Crippen LogP contribution in [-0.2, 0) is 11.3 Å². The number of aryl methyl sites for hydroxylation is 1. The van der Waals surface area contributed by atoms with Crippen LogP contribution in [0, 0.1) is 12.8 Å². The highest BCUT2D eigenvalue weighted by Gasteiger charge is 2.44. The predicted molar refractivity (Wildman–Crippen MR) is 121 cm³/mol. The maximum atomic E-state index is 13.3. The average Bonchev–Trinajstić information content (AvgIpc) is 3.51. The summed E-state index contributed by atoms with van der Waals surface area (Å²) in [5.74, 6) is 0.533. The van der Waals surface area contributed by atoms with E-state index < -0.39 is 23.5 Å². The molecule has 1 unspecified atom stereocenters. The van der Waals surface area contributed by atoms with Gasteiger partial charge in [-0.25, -0.2) is 0 Å². The largest absolute Gasteiger partial charge is 0.503 e. The molecule has 3 aromatic rings. The zero-order chi connectivity index (χ0) is 23.5. The van der Waals surface area contributed by atoms with E-state index in [4.69, 9.17) is 13.6 Å². The Kier molecular flexibility index (Phi) is 6.40. The molecule has 1 N–H and O–H groups in total. The first-order chi connectivity index (χ1) is 15.8. The van der Waals surface area contributed by atoms with Gasteiger partial charge in [0.25, 0.3) is 5.91 Å². The van der Waals surface area contributed by atoms with Gasteiger partial charge in [-0.3, -0.25) is 9.59 Å². The van der Waals surface area contributed by atoms with Gasteiger partial charge in [-0.05, 0) is 61.2 Å². The summed E-state index contributed by atoms with van der Waals surface area (Å²) >= 11 is 0. The van der Waals surface area contributed by atoms with Crippen molar-refractivity contribution in [3.8, 4) is 5.75 Å². The van der Waals surface area contributed by atoms with Gasteiger partial charge in [-0.2, -0.15) is 0 Å². The maximum Gasteiger partial charge on any atom is 0.290 e. The maximum absolute atomic E-state index is 13.3. The van der Waals surface area contributed by atoms with Gasteiger partial charge < -0.3 is 23.6 Å². The quantitative estimate of drug-likeness (QED) is 0.441. The van der Waals surface area contributed by atoms with Crippen LogP contribution in [0.2, 0.25) is 0 Å². The third kappa shape index (κ3) is 4.72. The molecule has 1 amide bonds. The lowest BCUT2D eigenvalue weighted by molar-refractivity contribution is -0.130. The lowest BCUT2D eigenvalue weighted by atomic mass is 9.95. The number of hydrogen-bond acceptors (Lipinski definition) is 6. The van der Waals surface area contributed by atoms with Gasteiger partial charge in [0.1, 0.15) is 17.3 Å². The number of ether oxygens (including phenoxy) is 1. The first-order valence-corrected chi connectivity index (χ1v) is 11.0. The van der Waals surface area contributed by atoms with Gasteiger partial charge in [-0.15, -0.1) is 0 Å². The minimum Gasteiger partial charge on any atom is -0.503 e. The number of nitrogens with zero attached hydrogens (tertiary/aromatic N) is 1. The molecule has 33 heavy (non-hydrogen) atoms. The molecule has 0 saturated heterocycles. The molecule has 0 aliphatic carbocycles.